The third-order valence-electron chi connectivity index (χ3n) is 4.03. The van der Waals surface area contributed by atoms with Crippen molar-refractivity contribution in [2.75, 3.05) is 11.4 Å². The molecular formula is C15H21N3O3. The molecule has 21 heavy (non-hydrogen) atoms. The van der Waals surface area contributed by atoms with E-state index in [1.165, 1.54) is 0 Å². The van der Waals surface area contributed by atoms with Gasteiger partial charge in [-0.05, 0) is 44.2 Å². The van der Waals surface area contributed by atoms with E-state index in [1.807, 2.05) is 13.8 Å². The summed E-state index contributed by atoms with van der Waals surface area (Å²) >= 11 is 0. The monoisotopic (exact) mass is 291 g/mol. The topological polar surface area (TPSA) is 96.5 Å². The first-order chi connectivity index (χ1) is 9.82. The maximum Gasteiger partial charge on any atom is 0.326 e. The van der Waals surface area contributed by atoms with Gasteiger partial charge in [-0.3, -0.25) is 4.79 Å². The van der Waals surface area contributed by atoms with Crippen molar-refractivity contribution in [3.05, 3.63) is 22.9 Å². The molecule has 6 heteroatoms. The van der Waals surface area contributed by atoms with Gasteiger partial charge in [0.15, 0.2) is 0 Å². The van der Waals surface area contributed by atoms with Crippen molar-refractivity contribution < 1.29 is 14.7 Å². The predicted molar refractivity (Wildman–Crippen MR) is 79.4 cm³/mol. The highest BCUT2D eigenvalue weighted by Crippen LogP contribution is 2.31. The lowest BCUT2D eigenvalue weighted by Crippen LogP contribution is -2.50. The van der Waals surface area contributed by atoms with E-state index in [-0.39, 0.29) is 5.92 Å². The number of carboxylic acids is 1. The van der Waals surface area contributed by atoms with Gasteiger partial charge in [0, 0.05) is 12.2 Å². The minimum absolute atomic E-state index is 0.000375. The molecule has 1 aliphatic rings. The van der Waals surface area contributed by atoms with Gasteiger partial charge in [0.05, 0.1) is 5.56 Å². The number of amides is 1. The van der Waals surface area contributed by atoms with Gasteiger partial charge in [0.2, 0.25) is 0 Å². The molecule has 1 fully saturated rings. The predicted octanol–water partition coefficient (Wildman–Crippen LogP) is 1.49. The zero-order valence-electron chi connectivity index (χ0n) is 12.6. The first-order valence-corrected chi connectivity index (χ1v) is 7.10. The molecule has 0 spiro atoms. The van der Waals surface area contributed by atoms with Crippen LogP contribution >= 0.6 is 0 Å². The number of rotatable bonds is 3. The molecule has 1 aliphatic heterocycles. The lowest BCUT2D eigenvalue weighted by molar-refractivity contribution is -0.140. The second kappa shape index (κ2) is 5.71. The number of carbonyl (C=O) groups excluding carboxylic acids is 1. The highest BCUT2D eigenvalue weighted by Gasteiger charge is 2.36. The van der Waals surface area contributed by atoms with Crippen LogP contribution in [0.1, 0.15) is 41.4 Å². The molecule has 2 heterocycles. The van der Waals surface area contributed by atoms with E-state index in [1.54, 1.807) is 17.9 Å². The molecule has 3 N–H and O–H groups in total. The summed E-state index contributed by atoms with van der Waals surface area (Å²) in [7, 11) is 0. The number of anilines is 1. The van der Waals surface area contributed by atoms with Crippen LogP contribution in [0.3, 0.4) is 0 Å². The van der Waals surface area contributed by atoms with Crippen LogP contribution < -0.4 is 10.6 Å². The van der Waals surface area contributed by atoms with E-state index in [9.17, 15) is 14.7 Å². The summed E-state index contributed by atoms with van der Waals surface area (Å²) < 4.78 is 0. The Labute approximate surface area is 124 Å². The zero-order chi connectivity index (χ0) is 15.7. The SMILES string of the molecule is Cc1cc(C)c(C(N)=O)c(N2CCCC(C)C2C(=O)O)n1. The average molecular weight is 291 g/mol. The molecule has 2 atom stereocenters. The number of pyridine rings is 1. The van der Waals surface area contributed by atoms with Crippen LogP contribution in [0.5, 0.6) is 0 Å². The van der Waals surface area contributed by atoms with Crippen LogP contribution in [0, 0.1) is 19.8 Å². The Kier molecular flexibility index (Phi) is 4.16. The molecule has 2 unspecified atom stereocenters. The number of hydrogen-bond donors (Lipinski definition) is 2. The van der Waals surface area contributed by atoms with Gasteiger partial charge < -0.3 is 15.7 Å². The molecular weight excluding hydrogens is 270 g/mol. The number of hydrogen-bond acceptors (Lipinski definition) is 4. The molecule has 0 aliphatic carbocycles. The molecule has 1 aromatic heterocycles. The zero-order valence-corrected chi connectivity index (χ0v) is 12.6. The number of nitrogens with zero attached hydrogens (tertiary/aromatic N) is 2. The Bertz CT molecular complexity index is 586. The van der Waals surface area contributed by atoms with Crippen molar-refractivity contribution in [3.63, 3.8) is 0 Å². The minimum atomic E-state index is -0.890. The standard InChI is InChI=1S/C15H21N3O3/c1-8-5-4-6-18(12(8)15(20)21)14-11(13(16)19)9(2)7-10(3)17-14/h7-8,12H,4-6H2,1-3H3,(H2,16,19)(H,20,21). The molecule has 1 aromatic rings. The highest BCUT2D eigenvalue weighted by molar-refractivity contribution is 6.00. The fourth-order valence-corrected chi connectivity index (χ4v) is 3.13. The van der Waals surface area contributed by atoms with Gasteiger partial charge in [-0.15, -0.1) is 0 Å². The first kappa shape index (κ1) is 15.3. The van der Waals surface area contributed by atoms with Crippen molar-refractivity contribution in [2.45, 2.75) is 39.7 Å². The lowest BCUT2D eigenvalue weighted by atomic mass is 9.90. The molecule has 0 aromatic carbocycles. The van der Waals surface area contributed by atoms with E-state index in [4.69, 9.17) is 5.73 Å². The number of primary amides is 1. The summed E-state index contributed by atoms with van der Waals surface area (Å²) in [6, 6.07) is 1.11. The maximum absolute atomic E-state index is 11.8. The Morgan fingerprint density at radius 3 is 2.67 bits per heavy atom. The summed E-state index contributed by atoms with van der Waals surface area (Å²) in [6.45, 7) is 6.10. The van der Waals surface area contributed by atoms with Gasteiger partial charge >= 0.3 is 5.97 Å². The summed E-state index contributed by atoms with van der Waals surface area (Å²) in [5.74, 6) is -1.06. The second-order valence-electron chi connectivity index (χ2n) is 5.74. The highest BCUT2D eigenvalue weighted by atomic mass is 16.4. The van der Waals surface area contributed by atoms with Crippen LogP contribution in [-0.4, -0.2) is 34.6 Å². The van der Waals surface area contributed by atoms with E-state index in [0.717, 1.165) is 24.1 Å². The van der Waals surface area contributed by atoms with Crippen LogP contribution in [0.2, 0.25) is 0 Å². The Morgan fingerprint density at radius 2 is 2.10 bits per heavy atom. The normalized spacial score (nSPS) is 22.1. The van der Waals surface area contributed by atoms with E-state index < -0.39 is 17.9 Å². The smallest absolute Gasteiger partial charge is 0.326 e. The molecule has 6 nitrogen and oxygen atoms in total. The molecule has 1 amide bonds. The number of carbonyl (C=O) groups is 2. The number of piperidine rings is 1. The summed E-state index contributed by atoms with van der Waals surface area (Å²) in [5.41, 5.74) is 7.27. The van der Waals surface area contributed by atoms with Crippen molar-refractivity contribution >= 4 is 17.7 Å². The summed E-state index contributed by atoms with van der Waals surface area (Å²) in [4.78, 5) is 29.5. The lowest BCUT2D eigenvalue weighted by Gasteiger charge is -2.39. The van der Waals surface area contributed by atoms with Crippen LogP contribution in [0.15, 0.2) is 6.07 Å². The second-order valence-corrected chi connectivity index (χ2v) is 5.74. The number of nitrogens with two attached hydrogens (primary N) is 1. The van der Waals surface area contributed by atoms with E-state index in [2.05, 4.69) is 4.98 Å². The van der Waals surface area contributed by atoms with E-state index >= 15 is 0 Å². The van der Waals surface area contributed by atoms with Gasteiger partial charge in [-0.1, -0.05) is 6.92 Å². The van der Waals surface area contributed by atoms with Crippen LogP contribution in [0.25, 0.3) is 0 Å². The number of aromatic nitrogens is 1. The fraction of sp³-hybridized carbons (Fsp3) is 0.533. The van der Waals surface area contributed by atoms with Gasteiger partial charge in [0.1, 0.15) is 11.9 Å². The number of aryl methyl sites for hydroxylation is 2. The Hall–Kier alpha value is -2.11. The Morgan fingerprint density at radius 1 is 1.43 bits per heavy atom. The minimum Gasteiger partial charge on any atom is -0.480 e. The summed E-state index contributed by atoms with van der Waals surface area (Å²) in [5, 5.41) is 9.52. The summed E-state index contributed by atoms with van der Waals surface area (Å²) in [6.07, 6.45) is 1.72. The van der Waals surface area contributed by atoms with Crippen molar-refractivity contribution in [2.24, 2.45) is 11.7 Å². The molecule has 0 radical (unpaired) electrons. The van der Waals surface area contributed by atoms with Crippen molar-refractivity contribution in [3.8, 4) is 0 Å². The fourth-order valence-electron chi connectivity index (χ4n) is 3.13. The van der Waals surface area contributed by atoms with Crippen molar-refractivity contribution in [1.29, 1.82) is 0 Å². The Balaban J connectivity index is 2.58. The van der Waals surface area contributed by atoms with Crippen molar-refractivity contribution in [1.82, 2.24) is 4.98 Å². The first-order valence-electron chi connectivity index (χ1n) is 7.10. The van der Waals surface area contributed by atoms with Gasteiger partial charge in [0.25, 0.3) is 5.91 Å². The largest absolute Gasteiger partial charge is 0.480 e. The van der Waals surface area contributed by atoms with Gasteiger partial charge in [-0.25, -0.2) is 9.78 Å². The third-order valence-corrected chi connectivity index (χ3v) is 4.03. The van der Waals surface area contributed by atoms with E-state index in [0.29, 0.717) is 17.9 Å². The van der Waals surface area contributed by atoms with Gasteiger partial charge in [-0.2, -0.15) is 0 Å². The molecule has 0 saturated carbocycles. The third kappa shape index (κ3) is 2.84. The molecule has 0 bridgehead atoms. The van der Waals surface area contributed by atoms with Crippen LogP contribution in [0.4, 0.5) is 5.82 Å². The molecule has 1 saturated heterocycles. The average Bonchev–Trinajstić information content (AvgIpc) is 2.36. The number of carboxylic acid groups (broad SMARTS) is 1. The van der Waals surface area contributed by atoms with Crippen LogP contribution in [-0.2, 0) is 4.79 Å². The maximum atomic E-state index is 11.8. The molecule has 114 valence electrons. The molecule has 2 rings (SSSR count). The quantitative estimate of drug-likeness (QED) is 0.879. The number of aliphatic carboxylic acids is 1.